The Balaban J connectivity index is 1.87. The number of halogens is 6. The van der Waals surface area contributed by atoms with Crippen LogP contribution in [0.25, 0.3) is 0 Å². The Morgan fingerprint density at radius 3 is 1.89 bits per heavy atom. The second-order valence-corrected chi connectivity index (χ2v) is 7.95. The zero-order valence-electron chi connectivity index (χ0n) is 18.1. The van der Waals surface area contributed by atoms with Gasteiger partial charge in [-0.05, 0) is 54.5 Å². The van der Waals surface area contributed by atoms with Crippen molar-refractivity contribution in [3.05, 3.63) is 95.1 Å². The molecule has 0 spiro atoms. The molecule has 0 saturated carbocycles. The van der Waals surface area contributed by atoms with Crippen molar-refractivity contribution in [3.8, 4) is 0 Å². The lowest BCUT2D eigenvalue weighted by Gasteiger charge is -2.22. The Kier molecular flexibility index (Phi) is 7.69. The molecule has 0 unspecified atom stereocenters. The van der Waals surface area contributed by atoms with Gasteiger partial charge in [0, 0.05) is 11.4 Å². The largest absolute Gasteiger partial charge is 0.416 e. The number of amides is 1. The first-order chi connectivity index (χ1) is 16.3. The highest BCUT2D eigenvalue weighted by molar-refractivity contribution is 7.80. The fourth-order valence-corrected chi connectivity index (χ4v) is 3.42. The summed E-state index contributed by atoms with van der Waals surface area (Å²) in [5.41, 5.74) is -1.72. The third-order valence-electron chi connectivity index (χ3n) is 4.92. The third kappa shape index (κ3) is 6.95. The van der Waals surface area contributed by atoms with Crippen molar-refractivity contribution < 1.29 is 31.1 Å². The van der Waals surface area contributed by atoms with E-state index in [9.17, 15) is 31.1 Å². The monoisotopic (exact) mass is 511 g/mol. The van der Waals surface area contributed by atoms with Crippen molar-refractivity contribution in [3.63, 3.8) is 0 Å². The molecule has 184 valence electrons. The van der Waals surface area contributed by atoms with Crippen molar-refractivity contribution >= 4 is 34.6 Å². The van der Waals surface area contributed by atoms with Crippen molar-refractivity contribution in [2.24, 2.45) is 0 Å². The average molecular weight is 511 g/mol. The number of para-hydroxylation sites is 1. The van der Waals surface area contributed by atoms with E-state index in [0.29, 0.717) is 23.4 Å². The quantitative estimate of drug-likeness (QED) is 0.264. The molecule has 0 saturated heterocycles. The molecule has 1 amide bonds. The lowest BCUT2D eigenvalue weighted by molar-refractivity contribution is -0.143. The molecule has 4 nitrogen and oxygen atoms in total. The van der Waals surface area contributed by atoms with Crippen LogP contribution in [-0.4, -0.2) is 11.0 Å². The van der Waals surface area contributed by atoms with Crippen LogP contribution >= 0.6 is 12.2 Å². The fraction of sp³-hybridized carbons (Fsp3) is 0.167. The van der Waals surface area contributed by atoms with Crippen LogP contribution in [0.4, 0.5) is 37.7 Å². The van der Waals surface area contributed by atoms with Crippen LogP contribution in [0.1, 0.15) is 28.3 Å². The predicted octanol–water partition coefficient (Wildman–Crippen LogP) is 6.70. The molecule has 35 heavy (non-hydrogen) atoms. The first-order valence-corrected chi connectivity index (χ1v) is 10.5. The van der Waals surface area contributed by atoms with E-state index in [4.69, 9.17) is 12.2 Å². The Bertz CT molecular complexity index is 1180. The van der Waals surface area contributed by atoms with E-state index in [1.807, 2.05) is 0 Å². The molecule has 3 aromatic rings. The molecule has 0 fully saturated rings. The molecule has 1 atom stereocenters. The Morgan fingerprint density at radius 1 is 0.800 bits per heavy atom. The maximum Gasteiger partial charge on any atom is 0.416 e. The van der Waals surface area contributed by atoms with E-state index in [2.05, 4.69) is 16.0 Å². The van der Waals surface area contributed by atoms with Gasteiger partial charge in [-0.2, -0.15) is 26.3 Å². The number of thiocarbonyl (C=S) groups is 1. The van der Waals surface area contributed by atoms with Crippen LogP contribution in [0.2, 0.25) is 0 Å². The van der Waals surface area contributed by atoms with Crippen LogP contribution in [0.3, 0.4) is 0 Å². The van der Waals surface area contributed by atoms with Crippen molar-refractivity contribution in [1.29, 1.82) is 0 Å². The molecule has 0 heterocycles. The minimum Gasteiger partial charge on any atom is -0.347 e. The number of nitrogens with one attached hydrogen (secondary N) is 3. The number of alkyl halides is 6. The van der Waals surface area contributed by atoms with Gasteiger partial charge in [0.05, 0.1) is 11.1 Å². The first kappa shape index (κ1) is 26.0. The minimum atomic E-state index is -5.01. The molecule has 3 N–H and O–H groups in total. The number of aryl methyl sites for hydroxylation is 1. The van der Waals surface area contributed by atoms with Gasteiger partial charge >= 0.3 is 12.4 Å². The molecular formula is C24H19F6N3OS. The van der Waals surface area contributed by atoms with Crippen molar-refractivity contribution in [2.45, 2.75) is 25.3 Å². The minimum absolute atomic E-state index is 0.0179. The number of benzene rings is 3. The second kappa shape index (κ2) is 10.3. The number of rotatable bonds is 5. The Labute approximate surface area is 202 Å². The van der Waals surface area contributed by atoms with E-state index in [1.54, 1.807) is 61.5 Å². The van der Waals surface area contributed by atoms with Gasteiger partial charge < -0.3 is 16.0 Å². The van der Waals surface area contributed by atoms with Gasteiger partial charge in [0.15, 0.2) is 5.11 Å². The molecule has 0 bridgehead atoms. The zero-order valence-corrected chi connectivity index (χ0v) is 18.9. The first-order valence-electron chi connectivity index (χ1n) is 10.1. The molecule has 0 aliphatic carbocycles. The van der Waals surface area contributed by atoms with Gasteiger partial charge in [0.25, 0.3) is 5.91 Å². The van der Waals surface area contributed by atoms with Crippen LogP contribution in [0, 0.1) is 6.92 Å². The lowest BCUT2D eigenvalue weighted by atomic mass is 10.1. The fourth-order valence-electron chi connectivity index (χ4n) is 3.19. The van der Waals surface area contributed by atoms with E-state index in [1.165, 1.54) is 0 Å². The maximum atomic E-state index is 13.2. The summed E-state index contributed by atoms with van der Waals surface area (Å²) in [6, 6.07) is 15.3. The summed E-state index contributed by atoms with van der Waals surface area (Å²) in [6.45, 7) is 1.79. The van der Waals surface area contributed by atoms with Gasteiger partial charge in [-0.1, -0.05) is 48.5 Å². The Hall–Kier alpha value is -3.60. The summed E-state index contributed by atoms with van der Waals surface area (Å²) in [5, 5.41) is 7.43. The lowest BCUT2D eigenvalue weighted by Crippen LogP contribution is -2.39. The number of hydrogen-bond acceptors (Lipinski definition) is 2. The molecule has 0 aliphatic heterocycles. The topological polar surface area (TPSA) is 53.2 Å². The maximum absolute atomic E-state index is 13.2. The number of carbonyl (C=O) groups is 1. The molecule has 3 aromatic carbocycles. The number of hydrogen-bond donors (Lipinski definition) is 3. The van der Waals surface area contributed by atoms with Crippen LogP contribution in [0.15, 0.2) is 72.8 Å². The van der Waals surface area contributed by atoms with E-state index >= 15 is 0 Å². The zero-order chi connectivity index (χ0) is 25.8. The van der Waals surface area contributed by atoms with Crippen LogP contribution in [-0.2, 0) is 17.1 Å². The third-order valence-corrected chi connectivity index (χ3v) is 5.14. The van der Waals surface area contributed by atoms with Crippen molar-refractivity contribution in [2.75, 3.05) is 10.6 Å². The summed E-state index contributed by atoms with van der Waals surface area (Å²) in [5.74, 6) is -0.533. The highest BCUT2D eigenvalue weighted by Gasteiger charge is 2.37. The molecule has 0 aromatic heterocycles. The summed E-state index contributed by atoms with van der Waals surface area (Å²) in [6.07, 6.45) is -10.0. The number of carbonyl (C=O) groups excluding carboxylic acids is 1. The standard InChI is InChI=1S/C24H19F6N3OS/c1-14-7-5-6-10-19(14)32-21(34)20(15-8-3-2-4-9-15)33-22(35)31-18-12-16(23(25,26)27)11-17(13-18)24(28,29)30/h2-13,20H,1H3,(H,32,34)(H2,31,33,35)/t20-/m1/s1. The van der Waals surface area contributed by atoms with Crippen molar-refractivity contribution in [1.82, 2.24) is 5.32 Å². The highest BCUT2D eigenvalue weighted by Crippen LogP contribution is 2.37. The molecule has 11 heteroatoms. The highest BCUT2D eigenvalue weighted by atomic mass is 32.1. The average Bonchev–Trinajstić information content (AvgIpc) is 2.78. The van der Waals surface area contributed by atoms with Crippen LogP contribution in [0.5, 0.6) is 0 Å². The van der Waals surface area contributed by atoms with E-state index in [-0.39, 0.29) is 11.2 Å². The summed E-state index contributed by atoms with van der Waals surface area (Å²) in [4.78, 5) is 13.1. The molecule has 0 radical (unpaired) electrons. The number of anilines is 2. The molecule has 3 rings (SSSR count). The SMILES string of the molecule is Cc1ccccc1NC(=O)[C@H](NC(=S)Nc1cc(C(F)(F)F)cc(C(F)(F)F)c1)c1ccccc1. The summed E-state index contributed by atoms with van der Waals surface area (Å²) >= 11 is 5.13. The van der Waals surface area contributed by atoms with Gasteiger partial charge in [-0.3, -0.25) is 4.79 Å². The van der Waals surface area contributed by atoms with Gasteiger partial charge in [-0.15, -0.1) is 0 Å². The second-order valence-electron chi connectivity index (χ2n) is 7.54. The normalized spacial score (nSPS) is 12.5. The summed E-state index contributed by atoms with van der Waals surface area (Å²) in [7, 11) is 0. The predicted molar refractivity (Wildman–Crippen MR) is 125 cm³/mol. The van der Waals surface area contributed by atoms with Gasteiger partial charge in [-0.25, -0.2) is 0 Å². The summed E-state index contributed by atoms with van der Waals surface area (Å²) < 4.78 is 78.9. The van der Waals surface area contributed by atoms with Gasteiger partial charge in [0.1, 0.15) is 6.04 Å². The van der Waals surface area contributed by atoms with Crippen LogP contribution < -0.4 is 16.0 Å². The molecule has 0 aliphatic rings. The Morgan fingerprint density at radius 2 is 1.34 bits per heavy atom. The smallest absolute Gasteiger partial charge is 0.347 e. The molecular weight excluding hydrogens is 492 g/mol. The van der Waals surface area contributed by atoms with E-state index < -0.39 is 41.1 Å². The van der Waals surface area contributed by atoms with Gasteiger partial charge in [0.2, 0.25) is 0 Å². The van der Waals surface area contributed by atoms with E-state index in [0.717, 1.165) is 5.56 Å².